The van der Waals surface area contributed by atoms with E-state index in [-0.39, 0.29) is 24.0 Å². The van der Waals surface area contributed by atoms with Crippen LogP contribution in [0.1, 0.15) is 52.7 Å². The molecule has 1 amide bonds. The van der Waals surface area contributed by atoms with Crippen molar-refractivity contribution in [2.45, 2.75) is 65.8 Å². The average Bonchev–Trinajstić information content (AvgIpc) is 2.70. The zero-order chi connectivity index (χ0) is 23.6. The molecule has 8 nitrogen and oxygen atoms in total. The van der Waals surface area contributed by atoms with Crippen LogP contribution in [0.3, 0.4) is 0 Å². The van der Waals surface area contributed by atoms with Crippen molar-refractivity contribution in [2.24, 2.45) is 4.99 Å². The molecule has 0 spiro atoms. The quantitative estimate of drug-likeness (QED) is 0.250. The number of ether oxygens (including phenoxy) is 2. The lowest BCUT2D eigenvalue weighted by Gasteiger charge is -2.29. The zero-order valence-corrected chi connectivity index (χ0v) is 23.3. The van der Waals surface area contributed by atoms with E-state index in [2.05, 4.69) is 45.1 Å². The number of carbonyl (C=O) groups is 1. The van der Waals surface area contributed by atoms with Gasteiger partial charge in [0.2, 0.25) is 0 Å². The molecule has 0 bridgehead atoms. The number of aliphatic imine (C=N–C) groups is 1. The molecule has 0 unspecified atom stereocenters. The monoisotopic (exact) mass is 575 g/mol. The van der Waals surface area contributed by atoms with E-state index >= 15 is 0 Å². The molecule has 9 heteroatoms. The highest BCUT2D eigenvalue weighted by atomic mass is 127. The lowest BCUT2D eigenvalue weighted by atomic mass is 10.1. The van der Waals surface area contributed by atoms with E-state index in [9.17, 15) is 4.79 Å². The summed E-state index contributed by atoms with van der Waals surface area (Å²) in [5, 5.41) is 9.48. The van der Waals surface area contributed by atoms with Crippen LogP contribution in [0.5, 0.6) is 0 Å². The average molecular weight is 576 g/mol. The molecule has 188 valence electrons. The molecule has 0 atom stereocenters. The van der Waals surface area contributed by atoms with E-state index in [0.29, 0.717) is 19.0 Å². The summed E-state index contributed by atoms with van der Waals surface area (Å²) in [6.45, 7) is 17.9. The molecule has 0 aliphatic carbocycles. The second-order valence-electron chi connectivity index (χ2n) is 9.76. The lowest BCUT2D eigenvalue weighted by molar-refractivity contribution is 0.0342. The number of carbonyl (C=O) groups excluding carboxylic acids is 1. The van der Waals surface area contributed by atoms with Crippen molar-refractivity contribution >= 4 is 36.0 Å². The van der Waals surface area contributed by atoms with Crippen LogP contribution in [0, 0.1) is 0 Å². The Labute approximate surface area is 216 Å². The highest BCUT2D eigenvalue weighted by Crippen LogP contribution is 2.11. The molecule has 0 saturated carbocycles. The molecule has 1 aromatic carbocycles. The number of alkyl carbamates (subject to hydrolysis) is 1. The van der Waals surface area contributed by atoms with Crippen LogP contribution < -0.4 is 16.0 Å². The van der Waals surface area contributed by atoms with Crippen molar-refractivity contribution < 1.29 is 14.3 Å². The molecule has 0 aromatic heterocycles. The number of nitrogens with zero attached hydrogens (tertiary/aromatic N) is 2. The predicted octanol–water partition coefficient (Wildman–Crippen LogP) is 3.50. The van der Waals surface area contributed by atoms with Gasteiger partial charge in [0.15, 0.2) is 5.96 Å². The fourth-order valence-corrected chi connectivity index (χ4v) is 3.21. The Morgan fingerprint density at radius 3 is 2.24 bits per heavy atom. The Morgan fingerprint density at radius 1 is 1.06 bits per heavy atom. The molecule has 0 radical (unpaired) electrons. The number of benzene rings is 1. The van der Waals surface area contributed by atoms with Gasteiger partial charge in [0.25, 0.3) is 0 Å². The first kappa shape index (κ1) is 29.4. The van der Waals surface area contributed by atoms with Crippen LogP contribution in [-0.2, 0) is 22.6 Å². The number of hydrogen-bond donors (Lipinski definition) is 3. The first-order chi connectivity index (χ1) is 15.1. The molecular formula is C24H42IN5O3. The Hall–Kier alpha value is -1.59. The van der Waals surface area contributed by atoms with Gasteiger partial charge in [-0.3, -0.25) is 4.90 Å². The molecule has 1 fully saturated rings. The van der Waals surface area contributed by atoms with Crippen LogP contribution in [0.15, 0.2) is 29.3 Å². The van der Waals surface area contributed by atoms with Gasteiger partial charge in [-0.2, -0.15) is 0 Å². The summed E-state index contributed by atoms with van der Waals surface area (Å²) in [5.74, 6) is 0.712. The number of morpholine rings is 1. The Kier molecular flexibility index (Phi) is 12.5. The van der Waals surface area contributed by atoms with E-state index in [1.54, 1.807) is 0 Å². The molecule has 3 N–H and O–H groups in total. The van der Waals surface area contributed by atoms with Gasteiger partial charge >= 0.3 is 6.09 Å². The summed E-state index contributed by atoms with van der Waals surface area (Å²) in [4.78, 5) is 19.2. The van der Waals surface area contributed by atoms with Crippen molar-refractivity contribution in [3.63, 3.8) is 0 Å². The van der Waals surface area contributed by atoms with E-state index < -0.39 is 17.2 Å². The molecule has 1 aliphatic heterocycles. The van der Waals surface area contributed by atoms with Crippen LogP contribution >= 0.6 is 24.0 Å². The Morgan fingerprint density at radius 2 is 1.67 bits per heavy atom. The van der Waals surface area contributed by atoms with Crippen molar-refractivity contribution in [3.8, 4) is 0 Å². The first-order valence-corrected chi connectivity index (χ1v) is 11.5. The number of rotatable bonds is 8. The standard InChI is InChI=1S/C24H41N5O3.HI/c1-7-25-21(27-18-24(5,6)28-22(30)32-23(2,3)4)26-16-19-8-10-20(11-9-19)17-29-12-14-31-15-13-29;/h8-11H,7,12-18H2,1-6H3,(H,28,30)(H2,25,26,27);1H. The maximum absolute atomic E-state index is 12.1. The fourth-order valence-electron chi connectivity index (χ4n) is 3.21. The smallest absolute Gasteiger partial charge is 0.408 e. The molecule has 33 heavy (non-hydrogen) atoms. The molecule has 1 aliphatic rings. The number of halogens is 1. The van der Waals surface area contributed by atoms with Gasteiger partial charge in [-0.25, -0.2) is 9.79 Å². The normalized spacial score (nSPS) is 15.4. The molecular weight excluding hydrogens is 533 g/mol. The number of nitrogens with one attached hydrogen (secondary N) is 3. The van der Waals surface area contributed by atoms with Gasteiger partial charge in [0.05, 0.1) is 25.3 Å². The van der Waals surface area contributed by atoms with Crippen LogP contribution in [0.25, 0.3) is 0 Å². The SMILES string of the molecule is CCNC(=NCc1ccc(CN2CCOCC2)cc1)NCC(C)(C)NC(=O)OC(C)(C)C.I. The molecule has 1 heterocycles. The molecule has 1 saturated heterocycles. The van der Waals surface area contributed by atoms with Gasteiger partial charge < -0.3 is 25.4 Å². The minimum atomic E-state index is -0.526. The summed E-state index contributed by atoms with van der Waals surface area (Å²) >= 11 is 0. The molecule has 2 rings (SSSR count). The number of hydrogen-bond acceptors (Lipinski definition) is 5. The number of guanidine groups is 1. The van der Waals surface area contributed by atoms with Gasteiger partial charge in [-0.15, -0.1) is 24.0 Å². The van der Waals surface area contributed by atoms with Gasteiger partial charge in [0, 0.05) is 32.7 Å². The van der Waals surface area contributed by atoms with Gasteiger partial charge in [-0.05, 0) is 52.7 Å². The maximum atomic E-state index is 12.1. The largest absolute Gasteiger partial charge is 0.444 e. The van der Waals surface area contributed by atoms with Crippen molar-refractivity contribution in [3.05, 3.63) is 35.4 Å². The molecule has 1 aromatic rings. The maximum Gasteiger partial charge on any atom is 0.408 e. The highest BCUT2D eigenvalue weighted by molar-refractivity contribution is 14.0. The Bertz CT molecular complexity index is 741. The summed E-state index contributed by atoms with van der Waals surface area (Å²) < 4.78 is 10.8. The van der Waals surface area contributed by atoms with Crippen molar-refractivity contribution in [1.29, 1.82) is 0 Å². The zero-order valence-electron chi connectivity index (χ0n) is 21.0. The van der Waals surface area contributed by atoms with E-state index in [4.69, 9.17) is 14.5 Å². The van der Waals surface area contributed by atoms with E-state index in [1.165, 1.54) is 5.56 Å². The third kappa shape index (κ3) is 12.4. The lowest BCUT2D eigenvalue weighted by Crippen LogP contribution is -2.54. The predicted molar refractivity (Wildman–Crippen MR) is 144 cm³/mol. The van der Waals surface area contributed by atoms with Crippen LogP contribution in [0.4, 0.5) is 4.79 Å². The van der Waals surface area contributed by atoms with E-state index in [1.807, 2.05) is 41.5 Å². The third-order valence-electron chi connectivity index (χ3n) is 4.83. The van der Waals surface area contributed by atoms with Crippen LogP contribution in [0.2, 0.25) is 0 Å². The van der Waals surface area contributed by atoms with Crippen molar-refractivity contribution in [1.82, 2.24) is 20.9 Å². The topological polar surface area (TPSA) is 87.2 Å². The van der Waals surface area contributed by atoms with Gasteiger partial charge in [-0.1, -0.05) is 24.3 Å². The second-order valence-corrected chi connectivity index (χ2v) is 9.76. The highest BCUT2D eigenvalue weighted by Gasteiger charge is 2.24. The summed E-state index contributed by atoms with van der Waals surface area (Å²) in [5.41, 5.74) is 1.43. The third-order valence-corrected chi connectivity index (χ3v) is 4.83. The first-order valence-electron chi connectivity index (χ1n) is 11.5. The van der Waals surface area contributed by atoms with Crippen molar-refractivity contribution in [2.75, 3.05) is 39.4 Å². The Balaban J connectivity index is 0.00000544. The minimum Gasteiger partial charge on any atom is -0.444 e. The van der Waals surface area contributed by atoms with Gasteiger partial charge in [0.1, 0.15) is 5.60 Å². The fraction of sp³-hybridized carbons (Fsp3) is 0.667. The summed E-state index contributed by atoms with van der Waals surface area (Å²) in [7, 11) is 0. The second kappa shape index (κ2) is 14.0. The minimum absolute atomic E-state index is 0. The summed E-state index contributed by atoms with van der Waals surface area (Å²) in [6, 6.07) is 8.62. The number of amides is 1. The van der Waals surface area contributed by atoms with Crippen LogP contribution in [-0.4, -0.2) is 67.5 Å². The summed E-state index contributed by atoms with van der Waals surface area (Å²) in [6.07, 6.45) is -0.427. The van der Waals surface area contributed by atoms with E-state index in [0.717, 1.165) is 45.0 Å².